The van der Waals surface area contributed by atoms with E-state index in [0.29, 0.717) is 6.42 Å². The first-order chi connectivity index (χ1) is 7.11. The predicted octanol–water partition coefficient (Wildman–Crippen LogP) is 1.75. The van der Waals surface area contributed by atoms with Crippen LogP contribution in [-0.2, 0) is 11.2 Å². The van der Waals surface area contributed by atoms with Crippen LogP contribution in [0.5, 0.6) is 5.75 Å². The van der Waals surface area contributed by atoms with E-state index in [9.17, 15) is 4.79 Å². The zero-order valence-electron chi connectivity index (χ0n) is 9.19. The molecule has 0 saturated heterocycles. The fourth-order valence-corrected chi connectivity index (χ4v) is 1.62. The maximum atomic E-state index is 10.7. The maximum Gasteiger partial charge on any atom is 0.217 e. The van der Waals surface area contributed by atoms with Crippen molar-refractivity contribution in [1.82, 2.24) is 0 Å². The van der Waals surface area contributed by atoms with Gasteiger partial charge in [0.1, 0.15) is 5.75 Å². The fraction of sp³-hybridized carbons (Fsp3) is 0.417. The highest BCUT2D eigenvalue weighted by Crippen LogP contribution is 2.17. The van der Waals surface area contributed by atoms with Gasteiger partial charge in [-0.3, -0.25) is 4.79 Å². The van der Waals surface area contributed by atoms with Gasteiger partial charge in [-0.25, -0.2) is 0 Å². The van der Waals surface area contributed by atoms with E-state index >= 15 is 0 Å². The van der Waals surface area contributed by atoms with Gasteiger partial charge >= 0.3 is 0 Å². The average Bonchev–Trinajstić information content (AvgIpc) is 2.16. The first-order valence-corrected chi connectivity index (χ1v) is 5.03. The molecule has 3 heteroatoms. The highest BCUT2D eigenvalue weighted by molar-refractivity contribution is 5.73. The number of carbonyl (C=O) groups excluding carboxylic acids is 1. The number of benzene rings is 1. The van der Waals surface area contributed by atoms with E-state index in [2.05, 4.69) is 0 Å². The van der Waals surface area contributed by atoms with E-state index in [1.165, 1.54) is 5.56 Å². The van der Waals surface area contributed by atoms with Crippen LogP contribution in [0.1, 0.15) is 18.9 Å². The van der Waals surface area contributed by atoms with E-state index in [0.717, 1.165) is 12.2 Å². The zero-order valence-corrected chi connectivity index (χ0v) is 9.19. The molecule has 0 aliphatic heterocycles. The Morgan fingerprint density at radius 3 is 2.87 bits per heavy atom. The fourth-order valence-electron chi connectivity index (χ4n) is 1.62. The number of hydrogen-bond donors (Lipinski definition) is 1. The summed E-state index contributed by atoms with van der Waals surface area (Å²) in [5.74, 6) is 0.874. The molecule has 0 aromatic heterocycles. The number of ether oxygens (including phenoxy) is 1. The molecule has 1 rings (SSSR count). The van der Waals surface area contributed by atoms with Crippen molar-refractivity contribution in [2.45, 2.75) is 19.8 Å². The van der Waals surface area contributed by atoms with E-state index in [1.54, 1.807) is 7.11 Å². The van der Waals surface area contributed by atoms with Gasteiger partial charge in [0.05, 0.1) is 7.11 Å². The molecule has 0 radical (unpaired) electrons. The van der Waals surface area contributed by atoms with Gasteiger partial charge in [0, 0.05) is 6.42 Å². The minimum atomic E-state index is -0.245. The van der Waals surface area contributed by atoms with E-state index < -0.39 is 0 Å². The number of carbonyl (C=O) groups is 1. The normalized spacial score (nSPS) is 12.1. The molecule has 0 aliphatic rings. The molecular formula is C12H17NO2. The van der Waals surface area contributed by atoms with Crippen LogP contribution in [0.4, 0.5) is 0 Å². The molecule has 82 valence electrons. The van der Waals surface area contributed by atoms with Crippen molar-refractivity contribution >= 4 is 5.91 Å². The molecule has 1 aromatic carbocycles. The summed E-state index contributed by atoms with van der Waals surface area (Å²) in [6.07, 6.45) is 1.28. The lowest BCUT2D eigenvalue weighted by atomic mass is 9.98. The molecule has 0 bridgehead atoms. The summed E-state index contributed by atoms with van der Waals surface area (Å²) in [6.45, 7) is 2.02. The molecule has 1 aromatic rings. The third-order valence-corrected chi connectivity index (χ3v) is 2.27. The molecule has 15 heavy (non-hydrogen) atoms. The van der Waals surface area contributed by atoms with Crippen LogP contribution in [0.25, 0.3) is 0 Å². The second kappa shape index (κ2) is 5.39. The smallest absolute Gasteiger partial charge is 0.217 e. The quantitative estimate of drug-likeness (QED) is 0.799. The monoisotopic (exact) mass is 207 g/mol. The van der Waals surface area contributed by atoms with Crippen LogP contribution in [0, 0.1) is 5.92 Å². The summed E-state index contributed by atoms with van der Waals surface area (Å²) in [5.41, 5.74) is 6.31. The lowest BCUT2D eigenvalue weighted by molar-refractivity contribution is -0.118. The van der Waals surface area contributed by atoms with Gasteiger partial charge in [0.15, 0.2) is 0 Å². The first kappa shape index (κ1) is 11.6. The summed E-state index contributed by atoms with van der Waals surface area (Å²) >= 11 is 0. The molecule has 0 heterocycles. The van der Waals surface area contributed by atoms with Crippen LogP contribution < -0.4 is 10.5 Å². The number of amides is 1. The van der Waals surface area contributed by atoms with Crippen molar-refractivity contribution in [2.75, 3.05) is 7.11 Å². The standard InChI is InChI=1S/C12H17NO2/c1-9(7-12(13)14)6-10-4-3-5-11(8-10)15-2/h3-5,8-9H,6-7H2,1-2H3,(H2,13,14)/t9-/m0/s1. The second-order valence-electron chi connectivity index (χ2n) is 3.83. The van der Waals surface area contributed by atoms with Crippen molar-refractivity contribution in [1.29, 1.82) is 0 Å². The van der Waals surface area contributed by atoms with Crippen molar-refractivity contribution in [3.8, 4) is 5.75 Å². The Morgan fingerprint density at radius 1 is 1.53 bits per heavy atom. The van der Waals surface area contributed by atoms with Crippen LogP contribution >= 0.6 is 0 Å². The van der Waals surface area contributed by atoms with Gasteiger partial charge in [-0.15, -0.1) is 0 Å². The molecule has 0 saturated carbocycles. The molecule has 2 N–H and O–H groups in total. The van der Waals surface area contributed by atoms with E-state index in [4.69, 9.17) is 10.5 Å². The Kier molecular flexibility index (Phi) is 4.16. The largest absolute Gasteiger partial charge is 0.497 e. The highest BCUT2D eigenvalue weighted by Gasteiger charge is 2.07. The summed E-state index contributed by atoms with van der Waals surface area (Å²) in [4.78, 5) is 10.7. The van der Waals surface area contributed by atoms with Crippen molar-refractivity contribution in [2.24, 2.45) is 11.7 Å². The van der Waals surface area contributed by atoms with Crippen molar-refractivity contribution in [3.05, 3.63) is 29.8 Å². The minimum Gasteiger partial charge on any atom is -0.497 e. The Morgan fingerprint density at radius 2 is 2.27 bits per heavy atom. The SMILES string of the molecule is COc1cccc(C[C@H](C)CC(N)=O)c1. The Balaban J connectivity index is 2.59. The van der Waals surface area contributed by atoms with Crippen LogP contribution in [-0.4, -0.2) is 13.0 Å². The lowest BCUT2D eigenvalue weighted by Gasteiger charge is -2.09. The van der Waals surface area contributed by atoms with E-state index in [-0.39, 0.29) is 11.8 Å². The second-order valence-corrected chi connectivity index (χ2v) is 3.83. The number of primary amides is 1. The third kappa shape index (κ3) is 4.02. The minimum absolute atomic E-state index is 0.245. The van der Waals surface area contributed by atoms with Crippen LogP contribution in [0.2, 0.25) is 0 Å². The highest BCUT2D eigenvalue weighted by atomic mass is 16.5. The third-order valence-electron chi connectivity index (χ3n) is 2.27. The molecule has 0 fully saturated rings. The van der Waals surface area contributed by atoms with Gasteiger partial charge in [-0.05, 0) is 30.0 Å². The number of hydrogen-bond acceptors (Lipinski definition) is 2. The Bertz CT molecular complexity index is 336. The van der Waals surface area contributed by atoms with Gasteiger partial charge in [-0.1, -0.05) is 19.1 Å². The lowest BCUT2D eigenvalue weighted by Crippen LogP contribution is -2.15. The van der Waals surface area contributed by atoms with Gasteiger partial charge in [0.2, 0.25) is 5.91 Å². The number of methoxy groups -OCH3 is 1. The first-order valence-electron chi connectivity index (χ1n) is 5.03. The zero-order chi connectivity index (χ0) is 11.3. The summed E-state index contributed by atoms with van der Waals surface area (Å²) in [5, 5.41) is 0. The van der Waals surface area contributed by atoms with Crippen LogP contribution in [0.15, 0.2) is 24.3 Å². The van der Waals surface area contributed by atoms with Gasteiger partial charge in [-0.2, -0.15) is 0 Å². The number of rotatable bonds is 5. The predicted molar refractivity (Wildman–Crippen MR) is 59.7 cm³/mol. The Labute approximate surface area is 90.2 Å². The maximum absolute atomic E-state index is 10.7. The average molecular weight is 207 g/mol. The van der Waals surface area contributed by atoms with E-state index in [1.807, 2.05) is 31.2 Å². The van der Waals surface area contributed by atoms with Crippen LogP contribution in [0.3, 0.4) is 0 Å². The van der Waals surface area contributed by atoms with Gasteiger partial charge in [0.25, 0.3) is 0 Å². The summed E-state index contributed by atoms with van der Waals surface area (Å²) in [7, 11) is 1.64. The summed E-state index contributed by atoms with van der Waals surface area (Å²) in [6, 6.07) is 7.87. The molecular weight excluding hydrogens is 190 g/mol. The molecule has 0 unspecified atom stereocenters. The summed E-state index contributed by atoms with van der Waals surface area (Å²) < 4.78 is 5.13. The van der Waals surface area contributed by atoms with Crippen molar-refractivity contribution < 1.29 is 9.53 Å². The molecule has 0 spiro atoms. The topological polar surface area (TPSA) is 52.3 Å². The number of nitrogens with two attached hydrogens (primary N) is 1. The van der Waals surface area contributed by atoms with Crippen molar-refractivity contribution in [3.63, 3.8) is 0 Å². The van der Waals surface area contributed by atoms with Gasteiger partial charge < -0.3 is 10.5 Å². The molecule has 0 aliphatic carbocycles. The molecule has 1 atom stereocenters. The Hall–Kier alpha value is -1.51. The molecule has 1 amide bonds. The molecule has 3 nitrogen and oxygen atoms in total.